The van der Waals surface area contributed by atoms with Crippen molar-refractivity contribution < 1.29 is 9.53 Å². The van der Waals surface area contributed by atoms with Gasteiger partial charge in [0.1, 0.15) is 6.04 Å². The minimum absolute atomic E-state index is 0.319. The highest BCUT2D eigenvalue weighted by molar-refractivity contribution is 6.30. The summed E-state index contributed by atoms with van der Waals surface area (Å²) in [6, 6.07) is 4.35. The van der Waals surface area contributed by atoms with Gasteiger partial charge in [-0.15, -0.1) is 0 Å². The van der Waals surface area contributed by atoms with E-state index in [2.05, 4.69) is 4.74 Å². The third kappa shape index (κ3) is 3.11. The van der Waals surface area contributed by atoms with E-state index in [1.54, 1.807) is 18.2 Å². The van der Waals surface area contributed by atoms with Crippen LogP contribution in [0, 0.1) is 0 Å². The van der Waals surface area contributed by atoms with E-state index >= 15 is 0 Å². The van der Waals surface area contributed by atoms with Gasteiger partial charge in [-0.05, 0) is 23.8 Å². The molecule has 0 aliphatic heterocycles. The SMILES string of the molecule is COC(=O)[C@@H](N)Cc1cc(Cl)ccc1N. The maximum absolute atomic E-state index is 11.1. The first-order valence-electron chi connectivity index (χ1n) is 4.42. The molecule has 4 nitrogen and oxygen atoms in total. The van der Waals surface area contributed by atoms with Crippen LogP contribution in [0.15, 0.2) is 18.2 Å². The first kappa shape index (κ1) is 11.8. The summed E-state index contributed by atoms with van der Waals surface area (Å²) in [5.41, 5.74) is 12.6. The topological polar surface area (TPSA) is 78.3 Å². The van der Waals surface area contributed by atoms with Gasteiger partial charge < -0.3 is 16.2 Å². The zero-order valence-electron chi connectivity index (χ0n) is 8.37. The molecule has 0 amide bonds. The predicted octanol–water partition coefficient (Wildman–Crippen LogP) is 0.965. The number of anilines is 1. The number of esters is 1. The van der Waals surface area contributed by atoms with Crippen molar-refractivity contribution in [2.75, 3.05) is 12.8 Å². The lowest BCUT2D eigenvalue weighted by Gasteiger charge is -2.11. The Labute approximate surface area is 93.1 Å². The molecule has 0 saturated heterocycles. The van der Waals surface area contributed by atoms with Crippen LogP contribution in [0.5, 0.6) is 0 Å². The molecule has 5 heteroatoms. The second-order valence-electron chi connectivity index (χ2n) is 3.18. The van der Waals surface area contributed by atoms with E-state index in [1.807, 2.05) is 0 Å². The van der Waals surface area contributed by atoms with Crippen molar-refractivity contribution in [3.05, 3.63) is 28.8 Å². The van der Waals surface area contributed by atoms with E-state index in [1.165, 1.54) is 7.11 Å². The lowest BCUT2D eigenvalue weighted by atomic mass is 10.0. The fraction of sp³-hybridized carbons (Fsp3) is 0.300. The summed E-state index contributed by atoms with van der Waals surface area (Å²) in [5, 5.41) is 0.566. The third-order valence-electron chi connectivity index (χ3n) is 2.05. The highest BCUT2D eigenvalue weighted by atomic mass is 35.5. The van der Waals surface area contributed by atoms with Gasteiger partial charge in [-0.1, -0.05) is 11.6 Å². The van der Waals surface area contributed by atoms with Gasteiger partial charge in [-0.2, -0.15) is 0 Å². The predicted molar refractivity (Wildman–Crippen MR) is 59.6 cm³/mol. The van der Waals surface area contributed by atoms with E-state index < -0.39 is 12.0 Å². The number of ether oxygens (including phenoxy) is 1. The number of halogens is 1. The summed E-state index contributed by atoms with van der Waals surface area (Å²) in [5.74, 6) is -0.464. The van der Waals surface area contributed by atoms with Gasteiger partial charge in [0.25, 0.3) is 0 Å². The molecule has 1 aromatic carbocycles. The van der Waals surface area contributed by atoms with Crippen molar-refractivity contribution in [1.82, 2.24) is 0 Å². The third-order valence-corrected chi connectivity index (χ3v) is 2.28. The number of methoxy groups -OCH3 is 1. The zero-order chi connectivity index (χ0) is 11.4. The quantitative estimate of drug-likeness (QED) is 0.597. The maximum Gasteiger partial charge on any atom is 0.322 e. The summed E-state index contributed by atoms with van der Waals surface area (Å²) < 4.78 is 4.52. The first-order valence-corrected chi connectivity index (χ1v) is 4.79. The molecule has 4 N–H and O–H groups in total. The highest BCUT2D eigenvalue weighted by Crippen LogP contribution is 2.19. The molecule has 1 atom stereocenters. The van der Waals surface area contributed by atoms with Gasteiger partial charge in [-0.3, -0.25) is 4.79 Å². The van der Waals surface area contributed by atoms with Crippen LogP contribution in [0.3, 0.4) is 0 Å². The second-order valence-corrected chi connectivity index (χ2v) is 3.61. The number of nitrogen functional groups attached to an aromatic ring is 1. The minimum Gasteiger partial charge on any atom is -0.468 e. The summed E-state index contributed by atoms with van der Waals surface area (Å²) in [7, 11) is 1.30. The Morgan fingerprint density at radius 1 is 1.60 bits per heavy atom. The summed E-state index contributed by atoms with van der Waals surface area (Å²) in [6.45, 7) is 0. The molecule has 1 rings (SSSR count). The molecule has 0 aliphatic carbocycles. The number of hydrogen-bond acceptors (Lipinski definition) is 4. The van der Waals surface area contributed by atoms with Gasteiger partial charge in [0, 0.05) is 17.1 Å². The first-order chi connectivity index (χ1) is 7.04. The number of carbonyl (C=O) groups is 1. The molecule has 0 aromatic heterocycles. The highest BCUT2D eigenvalue weighted by Gasteiger charge is 2.15. The summed E-state index contributed by atoms with van der Waals surface area (Å²) in [4.78, 5) is 11.1. The van der Waals surface area contributed by atoms with Gasteiger partial charge in [0.2, 0.25) is 0 Å². The maximum atomic E-state index is 11.1. The Balaban J connectivity index is 2.80. The molecule has 0 saturated carbocycles. The Bertz CT molecular complexity index is 368. The summed E-state index contributed by atoms with van der Waals surface area (Å²) >= 11 is 5.80. The molecule has 0 radical (unpaired) electrons. The zero-order valence-corrected chi connectivity index (χ0v) is 9.12. The van der Waals surface area contributed by atoms with E-state index in [4.69, 9.17) is 23.1 Å². The molecule has 0 fully saturated rings. The molecular weight excluding hydrogens is 216 g/mol. The van der Waals surface area contributed by atoms with E-state index in [9.17, 15) is 4.79 Å². The molecule has 0 heterocycles. The molecule has 1 aromatic rings. The van der Waals surface area contributed by atoms with Crippen LogP contribution in [0.25, 0.3) is 0 Å². The number of hydrogen-bond donors (Lipinski definition) is 2. The van der Waals surface area contributed by atoms with Crippen LogP contribution in [-0.2, 0) is 16.0 Å². The number of nitrogens with two attached hydrogens (primary N) is 2. The van der Waals surface area contributed by atoms with Crippen LogP contribution >= 0.6 is 11.6 Å². The normalized spacial score (nSPS) is 12.2. The van der Waals surface area contributed by atoms with Crippen LogP contribution in [0.4, 0.5) is 5.69 Å². The van der Waals surface area contributed by atoms with Crippen molar-refractivity contribution in [1.29, 1.82) is 0 Å². The van der Waals surface area contributed by atoms with Gasteiger partial charge >= 0.3 is 5.97 Å². The monoisotopic (exact) mass is 228 g/mol. The smallest absolute Gasteiger partial charge is 0.322 e. The lowest BCUT2D eigenvalue weighted by molar-refractivity contribution is -0.142. The van der Waals surface area contributed by atoms with Gasteiger partial charge in [0.15, 0.2) is 0 Å². The van der Waals surface area contributed by atoms with Crippen LogP contribution < -0.4 is 11.5 Å². The Morgan fingerprint density at radius 3 is 2.87 bits per heavy atom. The van der Waals surface area contributed by atoms with Crippen molar-refractivity contribution in [2.24, 2.45) is 5.73 Å². The number of rotatable bonds is 3. The van der Waals surface area contributed by atoms with E-state index in [0.29, 0.717) is 17.1 Å². The average Bonchev–Trinajstić information content (AvgIpc) is 2.22. The van der Waals surface area contributed by atoms with Crippen molar-refractivity contribution in [2.45, 2.75) is 12.5 Å². The van der Waals surface area contributed by atoms with Crippen molar-refractivity contribution >= 4 is 23.3 Å². The fourth-order valence-corrected chi connectivity index (χ4v) is 1.42. The summed E-state index contributed by atoms with van der Waals surface area (Å²) in [6.07, 6.45) is 0.319. The van der Waals surface area contributed by atoms with E-state index in [0.717, 1.165) is 5.56 Å². The second kappa shape index (κ2) is 5.00. The van der Waals surface area contributed by atoms with E-state index in [-0.39, 0.29) is 0 Å². The van der Waals surface area contributed by atoms with Crippen molar-refractivity contribution in [3.8, 4) is 0 Å². The van der Waals surface area contributed by atoms with Crippen LogP contribution in [0.1, 0.15) is 5.56 Å². The van der Waals surface area contributed by atoms with Gasteiger partial charge in [0.05, 0.1) is 7.11 Å². The molecular formula is C10H13ClN2O2. The van der Waals surface area contributed by atoms with Gasteiger partial charge in [-0.25, -0.2) is 0 Å². The number of carbonyl (C=O) groups excluding carboxylic acids is 1. The number of benzene rings is 1. The average molecular weight is 229 g/mol. The molecule has 0 spiro atoms. The molecule has 82 valence electrons. The minimum atomic E-state index is -0.712. The molecule has 0 aliphatic rings. The Kier molecular flexibility index (Phi) is 3.94. The van der Waals surface area contributed by atoms with Crippen LogP contribution in [0.2, 0.25) is 5.02 Å². The fourth-order valence-electron chi connectivity index (χ4n) is 1.22. The van der Waals surface area contributed by atoms with Crippen LogP contribution in [-0.4, -0.2) is 19.1 Å². The lowest BCUT2D eigenvalue weighted by Crippen LogP contribution is -2.33. The Hall–Kier alpha value is -1.26. The molecule has 0 bridgehead atoms. The molecule has 15 heavy (non-hydrogen) atoms. The molecule has 0 unspecified atom stereocenters. The largest absolute Gasteiger partial charge is 0.468 e. The Morgan fingerprint density at radius 2 is 2.27 bits per heavy atom. The standard InChI is InChI=1S/C10H13ClN2O2/c1-15-10(14)9(13)5-6-4-7(11)2-3-8(6)12/h2-4,9H,5,12-13H2,1H3/t9-/m0/s1. The van der Waals surface area contributed by atoms with Crippen molar-refractivity contribution in [3.63, 3.8) is 0 Å².